The molecule has 0 unspecified atom stereocenters. The maximum Gasteiger partial charge on any atom is 0.310 e. The van der Waals surface area contributed by atoms with Gasteiger partial charge in [0.2, 0.25) is 0 Å². The smallest absolute Gasteiger partial charge is 0.310 e. The third-order valence-corrected chi connectivity index (χ3v) is 5.69. The first kappa shape index (κ1) is 22.8. The van der Waals surface area contributed by atoms with E-state index in [0.29, 0.717) is 28.0 Å². The molecule has 3 nitrogen and oxygen atoms in total. The Bertz CT molecular complexity index is 823. The Morgan fingerprint density at radius 3 is 2.36 bits per heavy atom. The normalized spacial score (nSPS) is 13.2. The highest BCUT2D eigenvalue weighted by Crippen LogP contribution is 2.27. The summed E-state index contributed by atoms with van der Waals surface area (Å²) in [7, 11) is 1.98. The summed E-state index contributed by atoms with van der Waals surface area (Å²) in [5, 5.41) is 1.66. The lowest BCUT2D eigenvalue weighted by atomic mass is 9.92. The van der Waals surface area contributed by atoms with Crippen LogP contribution in [0.1, 0.15) is 18.1 Å². The van der Waals surface area contributed by atoms with E-state index >= 15 is 0 Å². The average Bonchev–Trinajstić information content (AvgIpc) is 2.65. The number of halogens is 3. The van der Waals surface area contributed by atoms with Crippen molar-refractivity contribution in [3.8, 4) is 0 Å². The molecule has 2 aromatic carbocycles. The van der Waals surface area contributed by atoms with E-state index < -0.39 is 5.54 Å². The van der Waals surface area contributed by atoms with Crippen molar-refractivity contribution in [3.63, 3.8) is 0 Å². The van der Waals surface area contributed by atoms with E-state index in [0.717, 1.165) is 11.1 Å². The Labute approximate surface area is 181 Å². The topological polar surface area (TPSA) is 29.5 Å². The molecule has 150 valence electrons. The molecule has 0 saturated carbocycles. The van der Waals surface area contributed by atoms with Crippen LogP contribution < -0.4 is 0 Å². The molecule has 0 aromatic heterocycles. The maximum atomic E-state index is 12.3. The first-order chi connectivity index (χ1) is 13.2. The lowest BCUT2D eigenvalue weighted by Gasteiger charge is -2.38. The van der Waals surface area contributed by atoms with Crippen LogP contribution in [-0.2, 0) is 22.4 Å². The van der Waals surface area contributed by atoms with Gasteiger partial charge in [-0.25, -0.2) is 0 Å². The fraction of sp³-hybridized carbons (Fsp3) is 0.318. The second kappa shape index (κ2) is 10.3. The molecule has 2 aromatic rings. The van der Waals surface area contributed by atoms with E-state index in [1.165, 1.54) is 0 Å². The van der Waals surface area contributed by atoms with Crippen LogP contribution in [0.15, 0.2) is 55.1 Å². The van der Waals surface area contributed by atoms with Gasteiger partial charge in [0.05, 0.1) is 22.0 Å². The van der Waals surface area contributed by atoms with E-state index in [9.17, 15) is 4.79 Å². The van der Waals surface area contributed by atoms with Crippen molar-refractivity contribution in [1.29, 1.82) is 0 Å². The maximum absolute atomic E-state index is 12.3. The van der Waals surface area contributed by atoms with Crippen LogP contribution in [0.25, 0.3) is 0 Å². The SMILES string of the molecule is C=CCN(C)[C@](C)(COC(=O)Cc1ccc(Cl)cc1)Cc1ccc(Cl)c(Cl)c1. The van der Waals surface area contributed by atoms with Crippen molar-refractivity contribution >= 4 is 40.8 Å². The summed E-state index contributed by atoms with van der Waals surface area (Å²) in [4.78, 5) is 14.5. The summed E-state index contributed by atoms with van der Waals surface area (Å²) in [5.41, 5.74) is 1.45. The molecule has 0 aliphatic rings. The van der Waals surface area contributed by atoms with Crippen molar-refractivity contribution in [3.05, 3.63) is 81.3 Å². The number of carbonyl (C=O) groups is 1. The predicted octanol–water partition coefficient (Wildman–Crippen LogP) is 5.85. The molecule has 1 atom stereocenters. The van der Waals surface area contributed by atoms with Crippen molar-refractivity contribution in [2.45, 2.75) is 25.3 Å². The van der Waals surface area contributed by atoms with E-state index in [4.69, 9.17) is 39.5 Å². The second-order valence-corrected chi connectivity index (χ2v) is 8.31. The van der Waals surface area contributed by atoms with E-state index in [2.05, 4.69) is 18.4 Å². The molecule has 0 aliphatic carbocycles. The van der Waals surface area contributed by atoms with Gasteiger partial charge < -0.3 is 4.74 Å². The van der Waals surface area contributed by atoms with Crippen LogP contribution in [-0.4, -0.2) is 36.6 Å². The van der Waals surface area contributed by atoms with Gasteiger partial charge in [0.15, 0.2) is 0 Å². The molecular weight excluding hydrogens is 417 g/mol. The van der Waals surface area contributed by atoms with Crippen molar-refractivity contribution < 1.29 is 9.53 Å². The zero-order valence-corrected chi connectivity index (χ0v) is 18.3. The van der Waals surface area contributed by atoms with Gasteiger partial charge in [0.25, 0.3) is 0 Å². The summed E-state index contributed by atoms with van der Waals surface area (Å²) in [5.74, 6) is -0.283. The first-order valence-electron chi connectivity index (χ1n) is 8.89. The van der Waals surface area contributed by atoms with Crippen LogP contribution in [0.2, 0.25) is 15.1 Å². The number of benzene rings is 2. The highest BCUT2D eigenvalue weighted by Gasteiger charge is 2.31. The molecule has 0 saturated heterocycles. The zero-order chi connectivity index (χ0) is 20.7. The molecule has 0 amide bonds. The van der Waals surface area contributed by atoms with E-state index in [1.807, 2.05) is 37.4 Å². The lowest BCUT2D eigenvalue weighted by molar-refractivity contribution is -0.146. The molecule has 6 heteroatoms. The molecule has 2 rings (SSSR count). The third kappa shape index (κ3) is 6.52. The van der Waals surface area contributed by atoms with Gasteiger partial charge in [-0.2, -0.15) is 0 Å². The Morgan fingerprint density at radius 2 is 1.75 bits per heavy atom. The summed E-state index contributed by atoms with van der Waals surface area (Å²) in [6.45, 7) is 6.76. The molecule has 0 fully saturated rings. The molecule has 0 radical (unpaired) electrons. The van der Waals surface area contributed by atoms with Crippen molar-refractivity contribution in [1.82, 2.24) is 4.90 Å². The Kier molecular flexibility index (Phi) is 8.38. The van der Waals surface area contributed by atoms with Crippen LogP contribution in [0, 0.1) is 0 Å². The Morgan fingerprint density at radius 1 is 1.11 bits per heavy atom. The summed E-state index contributed by atoms with van der Waals surface area (Å²) < 4.78 is 5.63. The van der Waals surface area contributed by atoms with Gasteiger partial charge in [0, 0.05) is 11.6 Å². The van der Waals surface area contributed by atoms with Crippen molar-refractivity contribution in [2.75, 3.05) is 20.2 Å². The third-order valence-electron chi connectivity index (χ3n) is 4.70. The fourth-order valence-electron chi connectivity index (χ4n) is 2.86. The number of hydrogen-bond donors (Lipinski definition) is 0. The minimum Gasteiger partial charge on any atom is -0.463 e. The van der Waals surface area contributed by atoms with Crippen LogP contribution in [0.3, 0.4) is 0 Å². The highest BCUT2D eigenvalue weighted by atomic mass is 35.5. The van der Waals surface area contributed by atoms with Crippen molar-refractivity contribution in [2.24, 2.45) is 0 Å². The number of rotatable bonds is 9. The Balaban J connectivity index is 2.08. The van der Waals surface area contributed by atoms with Gasteiger partial charge in [-0.15, -0.1) is 6.58 Å². The molecule has 0 N–H and O–H groups in total. The van der Waals surface area contributed by atoms with Crippen LogP contribution in [0.5, 0.6) is 0 Å². The largest absolute Gasteiger partial charge is 0.463 e. The zero-order valence-electron chi connectivity index (χ0n) is 16.1. The molecule has 28 heavy (non-hydrogen) atoms. The lowest BCUT2D eigenvalue weighted by Crippen LogP contribution is -2.50. The number of esters is 1. The van der Waals surface area contributed by atoms with Gasteiger partial charge in [0.1, 0.15) is 6.61 Å². The summed E-state index contributed by atoms with van der Waals surface area (Å²) in [6, 6.07) is 12.7. The quantitative estimate of drug-likeness (QED) is 0.362. The average molecular weight is 441 g/mol. The minimum absolute atomic E-state index is 0.200. The predicted molar refractivity (Wildman–Crippen MR) is 118 cm³/mol. The number of hydrogen-bond acceptors (Lipinski definition) is 3. The van der Waals surface area contributed by atoms with Crippen LogP contribution in [0.4, 0.5) is 0 Å². The summed E-state index contributed by atoms with van der Waals surface area (Å²) in [6.07, 6.45) is 2.66. The monoisotopic (exact) mass is 439 g/mol. The summed E-state index contributed by atoms with van der Waals surface area (Å²) >= 11 is 18.1. The first-order valence-corrected chi connectivity index (χ1v) is 10.0. The second-order valence-electron chi connectivity index (χ2n) is 7.06. The number of ether oxygens (including phenoxy) is 1. The molecule has 0 bridgehead atoms. The number of carbonyl (C=O) groups excluding carboxylic acids is 1. The van der Waals surface area contributed by atoms with Gasteiger partial charge in [-0.05, 0) is 55.8 Å². The number of likely N-dealkylation sites (N-methyl/N-ethyl adjacent to an activating group) is 1. The minimum atomic E-state index is -0.430. The van der Waals surface area contributed by atoms with Gasteiger partial charge in [-0.1, -0.05) is 59.1 Å². The molecule has 0 aliphatic heterocycles. The van der Waals surface area contributed by atoms with Crippen LogP contribution >= 0.6 is 34.8 Å². The standard InChI is InChI=1S/C22H24Cl3NO2/c1-4-11-26(3)22(2,14-17-7-10-19(24)20(25)12-17)15-28-21(27)13-16-5-8-18(23)9-6-16/h4-10,12H,1,11,13-15H2,2-3H3/t22-/m0/s1. The fourth-order valence-corrected chi connectivity index (χ4v) is 3.30. The molecular formula is C22H24Cl3NO2. The number of nitrogens with zero attached hydrogens (tertiary/aromatic N) is 1. The molecule has 0 heterocycles. The van der Waals surface area contributed by atoms with E-state index in [1.54, 1.807) is 18.2 Å². The highest BCUT2D eigenvalue weighted by molar-refractivity contribution is 6.42. The van der Waals surface area contributed by atoms with Gasteiger partial charge >= 0.3 is 5.97 Å². The molecule has 0 spiro atoms. The van der Waals surface area contributed by atoms with E-state index in [-0.39, 0.29) is 19.0 Å². The van der Waals surface area contributed by atoms with Gasteiger partial charge in [-0.3, -0.25) is 9.69 Å². The Hall–Kier alpha value is -1.52.